The van der Waals surface area contributed by atoms with Gasteiger partial charge >= 0.3 is 0 Å². The smallest absolute Gasteiger partial charge is 0.228 e. The molecule has 0 atom stereocenters. The van der Waals surface area contributed by atoms with Crippen LogP contribution in [0, 0.1) is 5.92 Å². The van der Waals surface area contributed by atoms with Crippen molar-refractivity contribution >= 4 is 17.5 Å². The summed E-state index contributed by atoms with van der Waals surface area (Å²) in [4.78, 5) is 14.5. The number of amides is 1. The van der Waals surface area contributed by atoms with Gasteiger partial charge in [-0.15, -0.1) is 10.2 Å². The molecular weight excluding hydrogens is 328 g/mol. The van der Waals surface area contributed by atoms with Crippen LogP contribution in [0.1, 0.15) is 32.3 Å². The first-order valence-corrected chi connectivity index (χ1v) is 9.16. The number of benzene rings is 1. The molecule has 1 aromatic carbocycles. The third-order valence-corrected chi connectivity index (χ3v) is 4.61. The van der Waals surface area contributed by atoms with Gasteiger partial charge in [0.15, 0.2) is 11.6 Å². The fourth-order valence-corrected chi connectivity index (χ4v) is 3.04. The molecule has 2 heterocycles. The second-order valence-electron chi connectivity index (χ2n) is 6.86. The van der Waals surface area contributed by atoms with Crippen LogP contribution in [0.5, 0.6) is 0 Å². The fourth-order valence-electron chi connectivity index (χ4n) is 3.04. The van der Waals surface area contributed by atoms with Gasteiger partial charge in [0.2, 0.25) is 5.91 Å². The van der Waals surface area contributed by atoms with Gasteiger partial charge in [-0.1, -0.05) is 30.3 Å². The predicted octanol–water partition coefficient (Wildman–Crippen LogP) is 3.26. The molecule has 0 unspecified atom stereocenters. The minimum absolute atomic E-state index is 0.000325. The van der Waals surface area contributed by atoms with Gasteiger partial charge in [0.1, 0.15) is 0 Å². The average molecular weight is 354 g/mol. The molecule has 1 amide bonds. The van der Waals surface area contributed by atoms with Crippen LogP contribution in [-0.4, -0.2) is 35.4 Å². The van der Waals surface area contributed by atoms with Crippen molar-refractivity contribution in [1.29, 1.82) is 0 Å². The Morgan fingerprint density at radius 1 is 1.15 bits per heavy atom. The number of hydrogen-bond donors (Lipinski definition) is 1. The number of aromatic nitrogens is 2. The summed E-state index contributed by atoms with van der Waals surface area (Å²) < 4.78 is 5.30. The van der Waals surface area contributed by atoms with Gasteiger partial charge in [-0.25, -0.2) is 0 Å². The van der Waals surface area contributed by atoms with E-state index in [1.807, 2.05) is 30.3 Å². The molecule has 138 valence electrons. The Morgan fingerprint density at radius 3 is 2.50 bits per heavy atom. The van der Waals surface area contributed by atoms with E-state index >= 15 is 0 Å². The highest BCUT2D eigenvalue weighted by Crippen LogP contribution is 2.20. The highest BCUT2D eigenvalue weighted by atomic mass is 16.5. The Kier molecular flexibility index (Phi) is 6.17. The summed E-state index contributed by atoms with van der Waals surface area (Å²) in [7, 11) is 0. The second-order valence-corrected chi connectivity index (χ2v) is 6.86. The van der Waals surface area contributed by atoms with Crippen LogP contribution in [0.15, 0.2) is 42.5 Å². The molecule has 26 heavy (non-hydrogen) atoms. The first-order chi connectivity index (χ1) is 12.6. The molecule has 2 aromatic rings. The molecule has 0 aliphatic carbocycles. The zero-order valence-corrected chi connectivity index (χ0v) is 15.4. The van der Waals surface area contributed by atoms with E-state index in [0.717, 1.165) is 25.2 Å². The third-order valence-electron chi connectivity index (χ3n) is 4.61. The summed E-state index contributed by atoms with van der Waals surface area (Å²) in [6.45, 7) is 6.31. The van der Waals surface area contributed by atoms with Gasteiger partial charge in [-0.2, -0.15) is 0 Å². The summed E-state index contributed by atoms with van der Waals surface area (Å²) in [5, 5.41) is 11.4. The van der Waals surface area contributed by atoms with Crippen LogP contribution in [0.25, 0.3) is 0 Å². The quantitative estimate of drug-likeness (QED) is 0.862. The number of carbonyl (C=O) groups excluding carboxylic acids is 1. The first-order valence-electron chi connectivity index (χ1n) is 9.16. The Balaban J connectivity index is 1.65. The van der Waals surface area contributed by atoms with Gasteiger partial charge in [0.05, 0.1) is 0 Å². The van der Waals surface area contributed by atoms with Gasteiger partial charge in [0, 0.05) is 31.7 Å². The Hall–Kier alpha value is -2.47. The van der Waals surface area contributed by atoms with Gasteiger partial charge in [-0.05, 0) is 44.4 Å². The number of nitrogens with zero attached hydrogens (tertiary/aromatic N) is 3. The van der Waals surface area contributed by atoms with E-state index in [9.17, 15) is 4.79 Å². The molecule has 1 aromatic heterocycles. The molecule has 6 heteroatoms. The number of carbonyl (C=O) groups is 1. The predicted molar refractivity (Wildman–Crippen MR) is 102 cm³/mol. The van der Waals surface area contributed by atoms with Crippen LogP contribution in [-0.2, 0) is 16.1 Å². The van der Waals surface area contributed by atoms with Crippen molar-refractivity contribution in [1.82, 2.24) is 10.2 Å². The van der Waals surface area contributed by atoms with Crippen molar-refractivity contribution in [2.45, 2.75) is 39.3 Å². The van der Waals surface area contributed by atoms with E-state index in [2.05, 4.69) is 46.4 Å². The lowest BCUT2D eigenvalue weighted by Crippen LogP contribution is -2.31. The van der Waals surface area contributed by atoms with E-state index in [4.69, 9.17) is 4.74 Å². The van der Waals surface area contributed by atoms with E-state index in [-0.39, 0.29) is 17.9 Å². The maximum atomic E-state index is 12.3. The standard InChI is InChI=1S/C20H26N4O2/c1-15(2)24(14-16-6-4-3-5-7-16)19-9-8-18(22-23-19)21-20(25)17-10-12-26-13-11-17/h3-9,15,17H,10-14H2,1-2H3,(H,21,22,25). The minimum atomic E-state index is -0.00419. The van der Waals surface area contributed by atoms with Crippen molar-refractivity contribution < 1.29 is 9.53 Å². The molecule has 3 rings (SSSR count). The van der Waals surface area contributed by atoms with Gasteiger partial charge in [-0.3, -0.25) is 4.79 Å². The van der Waals surface area contributed by atoms with Crippen LogP contribution < -0.4 is 10.2 Å². The van der Waals surface area contributed by atoms with Crippen molar-refractivity contribution in [2.24, 2.45) is 5.92 Å². The average Bonchev–Trinajstić information content (AvgIpc) is 2.68. The molecule has 1 aliphatic heterocycles. The zero-order valence-electron chi connectivity index (χ0n) is 15.4. The third kappa shape index (κ3) is 4.79. The molecule has 1 aliphatic rings. The molecule has 1 N–H and O–H groups in total. The number of rotatable bonds is 6. The number of ether oxygens (including phenoxy) is 1. The van der Waals surface area contributed by atoms with Crippen molar-refractivity contribution in [3.05, 3.63) is 48.0 Å². The summed E-state index contributed by atoms with van der Waals surface area (Å²) >= 11 is 0. The fraction of sp³-hybridized carbons (Fsp3) is 0.450. The molecule has 0 bridgehead atoms. The number of hydrogen-bond acceptors (Lipinski definition) is 5. The van der Waals surface area contributed by atoms with E-state index in [1.165, 1.54) is 5.56 Å². The largest absolute Gasteiger partial charge is 0.381 e. The SMILES string of the molecule is CC(C)N(Cc1ccccc1)c1ccc(NC(=O)C2CCOCC2)nn1. The Labute approximate surface area is 154 Å². The zero-order chi connectivity index (χ0) is 18.4. The first kappa shape index (κ1) is 18.3. The van der Waals surface area contributed by atoms with E-state index in [1.54, 1.807) is 0 Å². The van der Waals surface area contributed by atoms with Crippen molar-refractivity contribution in [3.63, 3.8) is 0 Å². The molecule has 0 saturated carbocycles. The molecular formula is C20H26N4O2. The topological polar surface area (TPSA) is 67.4 Å². The maximum absolute atomic E-state index is 12.3. The van der Waals surface area contributed by atoms with Crippen LogP contribution in [0.3, 0.4) is 0 Å². The maximum Gasteiger partial charge on any atom is 0.228 e. The lowest BCUT2D eigenvalue weighted by atomic mass is 9.99. The molecule has 0 spiro atoms. The van der Waals surface area contributed by atoms with Gasteiger partial charge in [0.25, 0.3) is 0 Å². The number of anilines is 2. The summed E-state index contributed by atoms with van der Waals surface area (Å²) in [5.74, 6) is 1.29. The summed E-state index contributed by atoms with van der Waals surface area (Å²) in [5.41, 5.74) is 1.22. The van der Waals surface area contributed by atoms with E-state index in [0.29, 0.717) is 19.0 Å². The van der Waals surface area contributed by atoms with Crippen LogP contribution >= 0.6 is 0 Å². The van der Waals surface area contributed by atoms with Crippen molar-refractivity contribution in [2.75, 3.05) is 23.4 Å². The molecule has 6 nitrogen and oxygen atoms in total. The molecule has 1 saturated heterocycles. The Bertz CT molecular complexity index is 698. The number of nitrogens with one attached hydrogen (secondary N) is 1. The van der Waals surface area contributed by atoms with E-state index < -0.39 is 0 Å². The molecule has 1 fully saturated rings. The normalized spacial score (nSPS) is 15.0. The summed E-state index contributed by atoms with van der Waals surface area (Å²) in [6, 6.07) is 14.3. The summed E-state index contributed by atoms with van der Waals surface area (Å²) in [6.07, 6.45) is 1.52. The lowest BCUT2D eigenvalue weighted by molar-refractivity contribution is -0.122. The Morgan fingerprint density at radius 2 is 1.88 bits per heavy atom. The van der Waals surface area contributed by atoms with Crippen LogP contribution in [0.4, 0.5) is 11.6 Å². The van der Waals surface area contributed by atoms with Crippen molar-refractivity contribution in [3.8, 4) is 0 Å². The lowest BCUT2D eigenvalue weighted by Gasteiger charge is -2.27. The highest BCUT2D eigenvalue weighted by molar-refractivity contribution is 5.91. The highest BCUT2D eigenvalue weighted by Gasteiger charge is 2.22. The van der Waals surface area contributed by atoms with Crippen LogP contribution in [0.2, 0.25) is 0 Å². The monoisotopic (exact) mass is 354 g/mol. The minimum Gasteiger partial charge on any atom is -0.381 e. The van der Waals surface area contributed by atoms with Gasteiger partial charge < -0.3 is 15.0 Å². The second kappa shape index (κ2) is 8.76. The molecule has 0 radical (unpaired) electrons.